The minimum Gasteiger partial charge on any atom is -0.462 e. The Balaban J connectivity index is 1.19. The molecule has 4 aromatic rings. The molecule has 0 spiro atoms. The standard InChI is InChI=1S/C39H41N3O6/c43-36(32-19-11-4-12-20-32)40-34(25-29-13-5-1-6-14-29)28-47-38(45)35(26-30-15-7-2-8-16-30)41-37(44)33-21-23-42(24-22-33)39(46)48-27-31-17-9-3-10-18-31/h1-20,33-35H,21-28H2,(H,40,43)(H,41,44)/t34-,35-/m1/s1. The molecule has 0 radical (unpaired) electrons. The molecule has 0 aliphatic carbocycles. The predicted octanol–water partition coefficient (Wildman–Crippen LogP) is 5.35. The molecule has 0 aromatic heterocycles. The number of piperidine rings is 1. The van der Waals surface area contributed by atoms with Crippen LogP contribution >= 0.6 is 0 Å². The lowest BCUT2D eigenvalue weighted by molar-refractivity contribution is -0.149. The van der Waals surface area contributed by atoms with Crippen LogP contribution in [0.5, 0.6) is 0 Å². The van der Waals surface area contributed by atoms with E-state index in [4.69, 9.17) is 9.47 Å². The van der Waals surface area contributed by atoms with E-state index < -0.39 is 24.1 Å². The number of nitrogens with one attached hydrogen (secondary N) is 2. The van der Waals surface area contributed by atoms with Gasteiger partial charge in [-0.1, -0.05) is 109 Å². The summed E-state index contributed by atoms with van der Waals surface area (Å²) in [6, 6.07) is 36.0. The monoisotopic (exact) mass is 647 g/mol. The number of hydrogen-bond donors (Lipinski definition) is 2. The van der Waals surface area contributed by atoms with Crippen LogP contribution in [0.4, 0.5) is 4.79 Å². The highest BCUT2D eigenvalue weighted by Crippen LogP contribution is 2.19. The third kappa shape index (κ3) is 10.3. The summed E-state index contributed by atoms with van der Waals surface area (Å²) in [6.07, 6.45) is 1.19. The van der Waals surface area contributed by atoms with Crippen molar-refractivity contribution in [3.8, 4) is 0 Å². The Bertz CT molecular complexity index is 1610. The first-order valence-electron chi connectivity index (χ1n) is 16.3. The molecule has 5 rings (SSSR count). The zero-order valence-corrected chi connectivity index (χ0v) is 26.8. The van der Waals surface area contributed by atoms with Crippen molar-refractivity contribution in [2.45, 2.75) is 44.4 Å². The fraction of sp³-hybridized carbons (Fsp3) is 0.282. The topological polar surface area (TPSA) is 114 Å². The number of esters is 1. The summed E-state index contributed by atoms with van der Waals surface area (Å²) < 4.78 is 11.3. The number of benzene rings is 4. The Morgan fingerprint density at radius 1 is 0.646 bits per heavy atom. The van der Waals surface area contributed by atoms with E-state index >= 15 is 0 Å². The van der Waals surface area contributed by atoms with E-state index in [2.05, 4.69) is 10.6 Å². The maximum atomic E-state index is 13.6. The lowest BCUT2D eigenvalue weighted by Gasteiger charge is -2.31. The van der Waals surface area contributed by atoms with E-state index in [9.17, 15) is 19.2 Å². The van der Waals surface area contributed by atoms with Crippen molar-refractivity contribution in [2.75, 3.05) is 19.7 Å². The van der Waals surface area contributed by atoms with Crippen LogP contribution < -0.4 is 10.6 Å². The first-order chi connectivity index (χ1) is 23.4. The Kier molecular flexibility index (Phi) is 12.3. The smallest absolute Gasteiger partial charge is 0.410 e. The number of likely N-dealkylation sites (tertiary alicyclic amines) is 1. The van der Waals surface area contributed by atoms with Crippen LogP contribution in [0.15, 0.2) is 121 Å². The summed E-state index contributed by atoms with van der Waals surface area (Å²) in [7, 11) is 0. The van der Waals surface area contributed by atoms with Gasteiger partial charge in [-0.15, -0.1) is 0 Å². The quantitative estimate of drug-likeness (QED) is 0.189. The van der Waals surface area contributed by atoms with Gasteiger partial charge in [-0.3, -0.25) is 9.59 Å². The van der Waals surface area contributed by atoms with Crippen LogP contribution in [0, 0.1) is 5.92 Å². The van der Waals surface area contributed by atoms with Crippen molar-refractivity contribution in [3.63, 3.8) is 0 Å². The molecule has 3 amide bonds. The number of rotatable bonds is 13. The van der Waals surface area contributed by atoms with E-state index in [1.54, 1.807) is 29.2 Å². The number of hydrogen-bond acceptors (Lipinski definition) is 6. The number of amides is 3. The van der Waals surface area contributed by atoms with Crippen molar-refractivity contribution >= 4 is 23.9 Å². The molecule has 1 heterocycles. The Hall–Kier alpha value is -5.44. The van der Waals surface area contributed by atoms with Gasteiger partial charge in [-0.25, -0.2) is 9.59 Å². The van der Waals surface area contributed by atoms with Crippen molar-refractivity contribution < 1.29 is 28.7 Å². The summed E-state index contributed by atoms with van der Waals surface area (Å²) in [4.78, 5) is 54.3. The zero-order valence-electron chi connectivity index (χ0n) is 26.8. The number of nitrogens with zero attached hydrogens (tertiary/aromatic N) is 1. The second-order valence-electron chi connectivity index (χ2n) is 11.9. The second-order valence-corrected chi connectivity index (χ2v) is 11.9. The second kappa shape index (κ2) is 17.5. The molecule has 9 heteroatoms. The average molecular weight is 648 g/mol. The highest BCUT2D eigenvalue weighted by atomic mass is 16.6. The van der Waals surface area contributed by atoms with Gasteiger partial charge in [0.2, 0.25) is 5.91 Å². The molecule has 1 aliphatic rings. The van der Waals surface area contributed by atoms with Crippen molar-refractivity contribution in [1.82, 2.24) is 15.5 Å². The summed E-state index contributed by atoms with van der Waals surface area (Å²) in [5.41, 5.74) is 3.26. The first kappa shape index (κ1) is 33.9. The van der Waals surface area contributed by atoms with Crippen molar-refractivity contribution in [1.29, 1.82) is 0 Å². The summed E-state index contributed by atoms with van der Waals surface area (Å²) in [6.45, 7) is 0.867. The lowest BCUT2D eigenvalue weighted by Crippen LogP contribution is -2.49. The van der Waals surface area contributed by atoms with Gasteiger partial charge in [0.1, 0.15) is 19.3 Å². The normalized spacial score (nSPS) is 14.3. The highest BCUT2D eigenvalue weighted by molar-refractivity contribution is 5.94. The Labute approximate surface area is 281 Å². The Morgan fingerprint density at radius 2 is 1.17 bits per heavy atom. The van der Waals surface area contributed by atoms with Gasteiger partial charge < -0.3 is 25.0 Å². The third-order valence-electron chi connectivity index (χ3n) is 8.34. The van der Waals surface area contributed by atoms with Crippen molar-refractivity contribution in [3.05, 3.63) is 144 Å². The van der Waals surface area contributed by atoms with Gasteiger partial charge in [0.25, 0.3) is 5.91 Å². The number of carbonyl (C=O) groups is 4. The highest BCUT2D eigenvalue weighted by Gasteiger charge is 2.32. The third-order valence-corrected chi connectivity index (χ3v) is 8.34. The zero-order chi connectivity index (χ0) is 33.6. The van der Waals surface area contributed by atoms with Gasteiger partial charge in [0.15, 0.2) is 0 Å². The summed E-state index contributed by atoms with van der Waals surface area (Å²) >= 11 is 0. The van der Waals surface area contributed by atoms with Gasteiger partial charge in [-0.05, 0) is 48.1 Å². The van der Waals surface area contributed by atoms with E-state index in [1.165, 1.54) is 0 Å². The predicted molar refractivity (Wildman–Crippen MR) is 182 cm³/mol. The number of carbonyl (C=O) groups excluding carboxylic acids is 4. The molecule has 2 N–H and O–H groups in total. The fourth-order valence-electron chi connectivity index (χ4n) is 5.66. The summed E-state index contributed by atoms with van der Waals surface area (Å²) in [5, 5.41) is 5.93. The van der Waals surface area contributed by atoms with Crippen LogP contribution in [0.1, 0.15) is 39.9 Å². The molecule has 0 unspecified atom stereocenters. The van der Waals surface area contributed by atoms with E-state index in [-0.39, 0.29) is 37.4 Å². The molecular weight excluding hydrogens is 606 g/mol. The molecule has 1 aliphatic heterocycles. The first-order valence-corrected chi connectivity index (χ1v) is 16.3. The minimum absolute atomic E-state index is 0.0725. The van der Waals surface area contributed by atoms with Gasteiger partial charge >= 0.3 is 12.1 Å². The maximum Gasteiger partial charge on any atom is 0.410 e. The Morgan fingerprint density at radius 3 is 1.75 bits per heavy atom. The summed E-state index contributed by atoms with van der Waals surface area (Å²) in [5.74, 6) is -1.48. The maximum absolute atomic E-state index is 13.6. The van der Waals surface area contributed by atoms with E-state index in [0.717, 1.165) is 16.7 Å². The van der Waals surface area contributed by atoms with Crippen molar-refractivity contribution in [2.24, 2.45) is 5.92 Å². The number of ether oxygens (including phenoxy) is 2. The molecule has 48 heavy (non-hydrogen) atoms. The minimum atomic E-state index is -0.934. The molecule has 9 nitrogen and oxygen atoms in total. The largest absolute Gasteiger partial charge is 0.462 e. The molecule has 0 bridgehead atoms. The van der Waals surface area contributed by atoms with Crippen LogP contribution in [-0.4, -0.2) is 60.6 Å². The molecule has 4 aromatic carbocycles. The molecule has 248 valence electrons. The fourth-order valence-corrected chi connectivity index (χ4v) is 5.66. The van der Waals surface area contributed by atoms with Crippen LogP contribution in [-0.2, 0) is 38.5 Å². The lowest BCUT2D eigenvalue weighted by atomic mass is 9.95. The van der Waals surface area contributed by atoms with Crippen LogP contribution in [0.25, 0.3) is 0 Å². The molecule has 1 saturated heterocycles. The van der Waals surface area contributed by atoms with E-state index in [0.29, 0.717) is 37.9 Å². The average Bonchev–Trinajstić information content (AvgIpc) is 3.14. The molecule has 1 fully saturated rings. The van der Waals surface area contributed by atoms with Gasteiger partial charge in [0, 0.05) is 31.0 Å². The van der Waals surface area contributed by atoms with Gasteiger partial charge in [0.05, 0.1) is 6.04 Å². The van der Waals surface area contributed by atoms with Crippen LogP contribution in [0.2, 0.25) is 0 Å². The van der Waals surface area contributed by atoms with Crippen LogP contribution in [0.3, 0.4) is 0 Å². The SMILES string of the molecule is O=C(N[C@@H](COC(=O)[C@@H](Cc1ccccc1)NC(=O)C1CCN(C(=O)OCc2ccccc2)CC1)Cc1ccccc1)c1ccccc1. The molecular formula is C39H41N3O6. The van der Waals surface area contributed by atoms with Gasteiger partial charge in [-0.2, -0.15) is 0 Å². The van der Waals surface area contributed by atoms with E-state index in [1.807, 2.05) is 97.1 Å². The molecule has 0 saturated carbocycles. The molecule has 2 atom stereocenters.